The molecule has 0 radical (unpaired) electrons. The number of rotatable bonds is 3. The van der Waals surface area contributed by atoms with E-state index in [0.29, 0.717) is 5.56 Å². The molecular formula is C10H11FO3. The van der Waals surface area contributed by atoms with Crippen LogP contribution in [0.5, 0.6) is 0 Å². The highest BCUT2D eigenvalue weighted by Crippen LogP contribution is 2.06. The van der Waals surface area contributed by atoms with Gasteiger partial charge in [-0.3, -0.25) is 0 Å². The second kappa shape index (κ2) is 4.72. The first-order valence-electron chi connectivity index (χ1n) is 4.14. The summed E-state index contributed by atoms with van der Waals surface area (Å²) in [5.74, 6) is -1.03. The maximum Gasteiger partial charge on any atom is 0.335 e. The molecule has 0 amide bonds. The molecule has 0 aliphatic rings. The summed E-state index contributed by atoms with van der Waals surface area (Å²) in [4.78, 5) is 10.8. The maximum absolute atomic E-state index is 12.5. The van der Waals surface area contributed by atoms with Crippen LogP contribution in [0.1, 0.15) is 5.56 Å². The number of ether oxygens (including phenoxy) is 1. The van der Waals surface area contributed by atoms with Crippen LogP contribution < -0.4 is 0 Å². The van der Waals surface area contributed by atoms with Crippen LogP contribution in [0.4, 0.5) is 4.39 Å². The molecule has 0 unspecified atom stereocenters. The van der Waals surface area contributed by atoms with Gasteiger partial charge in [-0.2, -0.15) is 0 Å². The number of hydrogen-bond acceptors (Lipinski definition) is 3. The first-order chi connectivity index (χ1) is 6.63. The minimum Gasteiger partial charge on any atom is -0.467 e. The van der Waals surface area contributed by atoms with Crippen LogP contribution >= 0.6 is 0 Å². The maximum atomic E-state index is 12.5. The standard InChI is InChI=1S/C10H11FO3/c1-14-10(13)9(12)6-7-2-4-8(11)5-3-7/h2-5,9,12H,6H2,1H3/t9-/m1/s1. The summed E-state index contributed by atoms with van der Waals surface area (Å²) in [6.45, 7) is 0. The Balaban J connectivity index is 2.60. The van der Waals surface area contributed by atoms with Crippen LogP contribution in [0, 0.1) is 5.82 Å². The summed E-state index contributed by atoms with van der Waals surface area (Å²) >= 11 is 0. The molecule has 1 aromatic carbocycles. The van der Waals surface area contributed by atoms with Crippen molar-refractivity contribution in [2.75, 3.05) is 7.11 Å². The predicted octanol–water partition coefficient (Wildman–Crippen LogP) is 0.902. The Morgan fingerprint density at radius 2 is 2.07 bits per heavy atom. The van der Waals surface area contributed by atoms with E-state index in [0.717, 1.165) is 0 Å². The first-order valence-corrected chi connectivity index (χ1v) is 4.14. The number of halogens is 1. The third kappa shape index (κ3) is 2.81. The number of aliphatic hydroxyl groups is 1. The first kappa shape index (κ1) is 10.7. The van der Waals surface area contributed by atoms with Gasteiger partial charge in [0.25, 0.3) is 0 Å². The van der Waals surface area contributed by atoms with Crippen LogP contribution in [0.25, 0.3) is 0 Å². The molecule has 1 rings (SSSR count). The van der Waals surface area contributed by atoms with Gasteiger partial charge in [0.1, 0.15) is 5.82 Å². The molecule has 14 heavy (non-hydrogen) atoms. The Hall–Kier alpha value is -1.42. The van der Waals surface area contributed by atoms with Crippen molar-refractivity contribution >= 4 is 5.97 Å². The van der Waals surface area contributed by atoms with Crippen LogP contribution in [0.15, 0.2) is 24.3 Å². The second-order valence-corrected chi connectivity index (χ2v) is 2.87. The Labute approximate surface area is 81.1 Å². The number of aliphatic hydroxyl groups excluding tert-OH is 1. The highest BCUT2D eigenvalue weighted by molar-refractivity contribution is 5.74. The quantitative estimate of drug-likeness (QED) is 0.734. The molecule has 0 saturated heterocycles. The monoisotopic (exact) mass is 198 g/mol. The lowest BCUT2D eigenvalue weighted by molar-refractivity contribution is -0.150. The third-order valence-electron chi connectivity index (χ3n) is 1.82. The lowest BCUT2D eigenvalue weighted by Crippen LogP contribution is -2.24. The fraction of sp³-hybridized carbons (Fsp3) is 0.300. The summed E-state index contributed by atoms with van der Waals surface area (Å²) in [6.07, 6.45) is -1.06. The molecule has 0 spiro atoms. The minimum absolute atomic E-state index is 0.132. The molecule has 0 heterocycles. The summed E-state index contributed by atoms with van der Waals surface area (Å²) in [6, 6.07) is 5.58. The van der Waals surface area contributed by atoms with Crippen molar-refractivity contribution < 1.29 is 19.0 Å². The lowest BCUT2D eigenvalue weighted by atomic mass is 10.1. The van der Waals surface area contributed by atoms with Gasteiger partial charge in [0.2, 0.25) is 0 Å². The normalized spacial score (nSPS) is 12.2. The van der Waals surface area contributed by atoms with Gasteiger partial charge in [0.05, 0.1) is 7.11 Å². The molecule has 76 valence electrons. The van der Waals surface area contributed by atoms with Crippen LogP contribution in [-0.4, -0.2) is 24.3 Å². The van der Waals surface area contributed by atoms with E-state index < -0.39 is 12.1 Å². The summed E-state index contributed by atoms with van der Waals surface area (Å²) in [5, 5.41) is 9.27. The number of hydrogen-bond donors (Lipinski definition) is 1. The van der Waals surface area contributed by atoms with Crippen molar-refractivity contribution in [2.45, 2.75) is 12.5 Å². The molecule has 3 nitrogen and oxygen atoms in total. The van der Waals surface area contributed by atoms with Gasteiger partial charge in [-0.25, -0.2) is 9.18 Å². The fourth-order valence-corrected chi connectivity index (χ4v) is 1.06. The van der Waals surface area contributed by atoms with E-state index in [9.17, 15) is 14.3 Å². The Morgan fingerprint density at radius 3 is 2.57 bits per heavy atom. The third-order valence-corrected chi connectivity index (χ3v) is 1.82. The molecule has 0 saturated carbocycles. The average molecular weight is 198 g/mol. The molecule has 1 atom stereocenters. The topological polar surface area (TPSA) is 46.5 Å². The number of carbonyl (C=O) groups excluding carboxylic acids is 1. The van der Waals surface area contributed by atoms with Crippen LogP contribution in [0.3, 0.4) is 0 Å². The van der Waals surface area contributed by atoms with E-state index in [4.69, 9.17) is 0 Å². The second-order valence-electron chi connectivity index (χ2n) is 2.87. The Kier molecular flexibility index (Phi) is 3.59. The molecule has 0 aliphatic carbocycles. The van der Waals surface area contributed by atoms with Crippen molar-refractivity contribution in [2.24, 2.45) is 0 Å². The molecule has 0 aliphatic heterocycles. The molecule has 1 N–H and O–H groups in total. The van der Waals surface area contributed by atoms with Gasteiger partial charge in [-0.1, -0.05) is 12.1 Å². The molecule has 4 heteroatoms. The van der Waals surface area contributed by atoms with Gasteiger partial charge in [-0.15, -0.1) is 0 Å². The summed E-state index contributed by atoms with van der Waals surface area (Å²) < 4.78 is 16.8. The number of esters is 1. The molecule has 0 fully saturated rings. The van der Waals surface area contributed by atoms with Crippen molar-refractivity contribution in [3.63, 3.8) is 0 Å². The Morgan fingerprint density at radius 1 is 1.50 bits per heavy atom. The average Bonchev–Trinajstić information content (AvgIpc) is 2.20. The van der Waals surface area contributed by atoms with E-state index in [2.05, 4.69) is 4.74 Å². The van der Waals surface area contributed by atoms with Crippen molar-refractivity contribution in [1.82, 2.24) is 0 Å². The summed E-state index contributed by atoms with van der Waals surface area (Å²) in [7, 11) is 1.20. The van der Waals surface area contributed by atoms with Crippen LogP contribution in [0.2, 0.25) is 0 Å². The lowest BCUT2D eigenvalue weighted by Gasteiger charge is -2.07. The van der Waals surface area contributed by atoms with Gasteiger partial charge >= 0.3 is 5.97 Å². The van der Waals surface area contributed by atoms with Gasteiger partial charge in [-0.05, 0) is 17.7 Å². The van der Waals surface area contributed by atoms with Gasteiger partial charge in [0, 0.05) is 6.42 Å². The molecule has 0 bridgehead atoms. The highest BCUT2D eigenvalue weighted by Gasteiger charge is 2.15. The molecule has 1 aromatic rings. The molecular weight excluding hydrogens is 187 g/mol. The zero-order valence-electron chi connectivity index (χ0n) is 7.74. The largest absolute Gasteiger partial charge is 0.467 e. The van der Waals surface area contributed by atoms with E-state index in [1.807, 2.05) is 0 Å². The van der Waals surface area contributed by atoms with Crippen molar-refractivity contribution in [3.05, 3.63) is 35.6 Å². The SMILES string of the molecule is COC(=O)[C@H](O)Cc1ccc(F)cc1. The van der Waals surface area contributed by atoms with Gasteiger partial charge in [0.15, 0.2) is 6.10 Å². The zero-order chi connectivity index (χ0) is 10.6. The summed E-state index contributed by atoms with van der Waals surface area (Å²) in [5.41, 5.74) is 0.685. The van der Waals surface area contributed by atoms with E-state index >= 15 is 0 Å². The smallest absolute Gasteiger partial charge is 0.335 e. The van der Waals surface area contributed by atoms with Gasteiger partial charge < -0.3 is 9.84 Å². The molecule has 0 aromatic heterocycles. The fourth-order valence-electron chi connectivity index (χ4n) is 1.06. The van der Waals surface area contributed by atoms with E-state index in [-0.39, 0.29) is 12.2 Å². The zero-order valence-corrected chi connectivity index (χ0v) is 7.74. The van der Waals surface area contributed by atoms with E-state index in [1.54, 1.807) is 0 Å². The Bertz CT molecular complexity index is 308. The number of methoxy groups -OCH3 is 1. The number of benzene rings is 1. The van der Waals surface area contributed by atoms with Crippen molar-refractivity contribution in [3.8, 4) is 0 Å². The predicted molar refractivity (Wildman–Crippen MR) is 48.1 cm³/mol. The highest BCUT2D eigenvalue weighted by atomic mass is 19.1. The number of carbonyl (C=O) groups is 1. The van der Waals surface area contributed by atoms with Crippen LogP contribution in [-0.2, 0) is 16.0 Å². The van der Waals surface area contributed by atoms with E-state index in [1.165, 1.54) is 31.4 Å². The minimum atomic E-state index is -1.19. The van der Waals surface area contributed by atoms with Crippen molar-refractivity contribution in [1.29, 1.82) is 0 Å².